The molecule has 3 amide bonds. The lowest BCUT2D eigenvalue weighted by Crippen LogP contribution is -2.44. The first-order valence-corrected chi connectivity index (χ1v) is 17.4. The molecule has 2 aliphatic heterocycles. The van der Waals surface area contributed by atoms with Crippen molar-refractivity contribution >= 4 is 40.3 Å². The van der Waals surface area contributed by atoms with Crippen LogP contribution in [-0.2, 0) is 16.1 Å². The molecule has 0 radical (unpaired) electrons. The molecule has 10 heteroatoms. The van der Waals surface area contributed by atoms with Gasteiger partial charge in [-0.25, -0.2) is 0 Å². The van der Waals surface area contributed by atoms with E-state index in [9.17, 15) is 19.2 Å². The van der Waals surface area contributed by atoms with Gasteiger partial charge in [-0.3, -0.25) is 19.2 Å². The summed E-state index contributed by atoms with van der Waals surface area (Å²) in [6, 6.07) is 22.1. The number of carbonyl (C=O) groups is 3. The molecular weight excluding hydrogens is 642 g/mol. The zero-order chi connectivity index (χ0) is 34.8. The number of likely N-dealkylation sites (tertiary alicyclic amines) is 2. The van der Waals surface area contributed by atoms with Crippen molar-refractivity contribution in [3.63, 3.8) is 0 Å². The van der Waals surface area contributed by atoms with Crippen LogP contribution in [0.15, 0.2) is 82.0 Å². The number of rotatable bonds is 9. The first-order chi connectivity index (χ1) is 23.7. The van der Waals surface area contributed by atoms with Crippen LogP contribution in [0.3, 0.4) is 0 Å². The van der Waals surface area contributed by atoms with E-state index in [1.54, 1.807) is 23.1 Å². The smallest absolute Gasteiger partial charge is 0.287 e. The van der Waals surface area contributed by atoms with Crippen LogP contribution < -0.4 is 15.5 Å². The lowest BCUT2D eigenvalue weighted by atomic mass is 9.86. The minimum absolute atomic E-state index is 0.139. The topological polar surface area (TPSA) is 109 Å². The Morgan fingerprint density at radius 3 is 2.43 bits per heavy atom. The minimum atomic E-state index is -0.611. The van der Waals surface area contributed by atoms with Gasteiger partial charge in [0.1, 0.15) is 11.3 Å². The molecule has 49 heavy (non-hydrogen) atoms. The number of hydrogen-bond acceptors (Lipinski definition) is 6. The van der Waals surface area contributed by atoms with Crippen molar-refractivity contribution in [3.05, 3.63) is 110 Å². The standard InChI is InChI=1S/C32H37N3O6.C7H7Cl/c1-2-17-40-24-10-11-28-26(18-24)27(36)19-29(41-28)32(39)33-20-31(38)34-15-12-22(13-16-34)25-8-4-3-7-23(25)21-35-14-6-5-9-30(35)37;1-6-2-4-7(8)5-3-6/h3-4,7-8,10-11,18-19,22H,2,5-6,9,12-17,20-21H2,1H3,(H,33,39);2-5H,1H3. The SMILES string of the molecule is CCCOc1ccc2oc(C(=O)NCC(=O)N3CCC(c4ccccc4CN4CCCCC4=O)CC3)cc(=O)c2c1.Cc1ccc(Cl)cc1. The lowest BCUT2D eigenvalue weighted by Gasteiger charge is -2.34. The van der Waals surface area contributed by atoms with Crippen LogP contribution >= 0.6 is 11.6 Å². The summed E-state index contributed by atoms with van der Waals surface area (Å²) in [6.07, 6.45) is 5.12. The third kappa shape index (κ3) is 9.72. The van der Waals surface area contributed by atoms with Crippen LogP contribution in [0.4, 0.5) is 0 Å². The van der Waals surface area contributed by atoms with Crippen LogP contribution in [0.1, 0.15) is 78.6 Å². The van der Waals surface area contributed by atoms with Gasteiger partial charge in [0.05, 0.1) is 18.5 Å². The van der Waals surface area contributed by atoms with Gasteiger partial charge in [-0.05, 0) is 86.4 Å². The van der Waals surface area contributed by atoms with Crippen molar-refractivity contribution in [2.45, 2.75) is 64.8 Å². The van der Waals surface area contributed by atoms with Gasteiger partial charge in [0.2, 0.25) is 11.8 Å². The second-order valence-corrected chi connectivity index (χ2v) is 13.0. The van der Waals surface area contributed by atoms with Crippen molar-refractivity contribution in [1.82, 2.24) is 15.1 Å². The summed E-state index contributed by atoms with van der Waals surface area (Å²) in [7, 11) is 0. The van der Waals surface area contributed by atoms with E-state index in [-0.39, 0.29) is 35.1 Å². The minimum Gasteiger partial charge on any atom is -0.494 e. The van der Waals surface area contributed by atoms with Gasteiger partial charge in [0.25, 0.3) is 5.91 Å². The summed E-state index contributed by atoms with van der Waals surface area (Å²) in [5, 5.41) is 3.74. The predicted molar refractivity (Wildman–Crippen MR) is 191 cm³/mol. The Labute approximate surface area is 292 Å². The molecule has 3 aromatic carbocycles. The molecule has 6 rings (SSSR count). The highest BCUT2D eigenvalue weighted by atomic mass is 35.5. The monoisotopic (exact) mass is 685 g/mol. The summed E-state index contributed by atoms with van der Waals surface area (Å²) >= 11 is 5.61. The van der Waals surface area contributed by atoms with E-state index < -0.39 is 5.91 Å². The molecule has 4 aromatic rings. The molecule has 0 saturated carbocycles. The van der Waals surface area contributed by atoms with E-state index in [4.69, 9.17) is 20.8 Å². The van der Waals surface area contributed by atoms with Gasteiger partial charge < -0.3 is 24.3 Å². The maximum absolute atomic E-state index is 12.9. The summed E-state index contributed by atoms with van der Waals surface area (Å²) in [6.45, 7) is 7.02. The van der Waals surface area contributed by atoms with Crippen LogP contribution in [0.5, 0.6) is 5.75 Å². The van der Waals surface area contributed by atoms with Gasteiger partial charge in [0, 0.05) is 43.7 Å². The quantitative estimate of drug-likeness (QED) is 0.206. The summed E-state index contributed by atoms with van der Waals surface area (Å²) in [5.74, 6) is 0.176. The average Bonchev–Trinajstić information content (AvgIpc) is 3.12. The molecule has 0 bridgehead atoms. The summed E-state index contributed by atoms with van der Waals surface area (Å²) < 4.78 is 11.2. The van der Waals surface area contributed by atoms with Gasteiger partial charge in [-0.15, -0.1) is 0 Å². The number of ether oxygens (including phenoxy) is 1. The Morgan fingerprint density at radius 1 is 0.959 bits per heavy atom. The molecule has 2 aliphatic rings. The molecule has 3 heterocycles. The van der Waals surface area contributed by atoms with Crippen LogP contribution in [-0.4, -0.2) is 60.3 Å². The third-order valence-corrected chi connectivity index (χ3v) is 9.18. The van der Waals surface area contributed by atoms with E-state index in [0.29, 0.717) is 49.7 Å². The van der Waals surface area contributed by atoms with Crippen molar-refractivity contribution in [1.29, 1.82) is 0 Å². The van der Waals surface area contributed by atoms with E-state index >= 15 is 0 Å². The maximum atomic E-state index is 12.9. The first-order valence-electron chi connectivity index (χ1n) is 17.1. The Bertz CT molecular complexity index is 1790. The summed E-state index contributed by atoms with van der Waals surface area (Å²) in [4.78, 5) is 54.3. The lowest BCUT2D eigenvalue weighted by molar-refractivity contribution is -0.134. The van der Waals surface area contributed by atoms with Crippen molar-refractivity contribution in [2.24, 2.45) is 0 Å². The van der Waals surface area contributed by atoms with Crippen molar-refractivity contribution in [3.8, 4) is 5.75 Å². The number of fused-ring (bicyclic) bond motifs is 1. The van der Waals surface area contributed by atoms with Crippen LogP contribution in [0.2, 0.25) is 5.02 Å². The molecule has 0 atom stereocenters. The Balaban J connectivity index is 0.000000514. The highest BCUT2D eigenvalue weighted by molar-refractivity contribution is 6.30. The molecular formula is C39H44ClN3O6. The molecule has 0 spiro atoms. The number of hydrogen-bond donors (Lipinski definition) is 1. The third-order valence-electron chi connectivity index (χ3n) is 8.93. The highest BCUT2D eigenvalue weighted by Crippen LogP contribution is 2.31. The number of nitrogens with one attached hydrogen (secondary N) is 1. The Morgan fingerprint density at radius 2 is 1.71 bits per heavy atom. The molecule has 0 aliphatic carbocycles. The van der Waals surface area contributed by atoms with E-state index in [1.807, 2.05) is 55.1 Å². The number of amides is 3. The fourth-order valence-corrected chi connectivity index (χ4v) is 6.32. The molecule has 258 valence electrons. The zero-order valence-electron chi connectivity index (χ0n) is 28.2. The van der Waals surface area contributed by atoms with Gasteiger partial charge in [-0.2, -0.15) is 0 Å². The average molecular weight is 686 g/mol. The molecule has 2 saturated heterocycles. The number of aryl methyl sites for hydroxylation is 1. The van der Waals surface area contributed by atoms with Crippen molar-refractivity contribution in [2.75, 3.05) is 32.8 Å². The van der Waals surface area contributed by atoms with E-state index in [0.717, 1.165) is 49.7 Å². The van der Waals surface area contributed by atoms with Gasteiger partial charge >= 0.3 is 0 Å². The van der Waals surface area contributed by atoms with Crippen molar-refractivity contribution < 1.29 is 23.5 Å². The molecule has 1 N–H and O–H groups in total. The normalized spacial score (nSPS) is 15.0. The molecule has 9 nitrogen and oxygen atoms in total. The number of piperidine rings is 2. The van der Waals surface area contributed by atoms with E-state index in [1.165, 1.54) is 16.7 Å². The van der Waals surface area contributed by atoms with Gasteiger partial charge in [-0.1, -0.05) is 60.5 Å². The van der Waals surface area contributed by atoms with E-state index in [2.05, 4.69) is 17.4 Å². The fourth-order valence-electron chi connectivity index (χ4n) is 6.20. The number of halogens is 1. The Kier molecular flexibility index (Phi) is 12.5. The number of benzene rings is 3. The molecule has 2 fully saturated rings. The first kappa shape index (κ1) is 35.7. The summed E-state index contributed by atoms with van der Waals surface area (Å²) in [5.41, 5.74) is 3.61. The van der Waals surface area contributed by atoms with Gasteiger partial charge in [0.15, 0.2) is 11.2 Å². The fraction of sp³-hybridized carbons (Fsp3) is 0.385. The number of nitrogens with zero attached hydrogens (tertiary/aromatic N) is 2. The molecule has 1 aromatic heterocycles. The second kappa shape index (κ2) is 17.2. The second-order valence-electron chi connectivity index (χ2n) is 12.6. The number of carbonyl (C=O) groups excluding carboxylic acids is 3. The molecule has 0 unspecified atom stereocenters. The maximum Gasteiger partial charge on any atom is 0.287 e. The highest BCUT2D eigenvalue weighted by Gasteiger charge is 2.27. The van der Waals surface area contributed by atoms with Crippen LogP contribution in [0, 0.1) is 6.92 Å². The largest absolute Gasteiger partial charge is 0.494 e. The van der Waals surface area contributed by atoms with Crippen LogP contribution in [0.25, 0.3) is 11.0 Å². The zero-order valence-corrected chi connectivity index (χ0v) is 29.0. The Hall–Kier alpha value is -4.63. The predicted octanol–water partition coefficient (Wildman–Crippen LogP) is 6.88.